The Morgan fingerprint density at radius 2 is 1.95 bits per heavy atom. The Kier molecular flexibility index (Phi) is 5.49. The molecule has 0 aromatic carbocycles. The van der Waals surface area contributed by atoms with Crippen LogP contribution < -0.4 is 5.43 Å². The lowest BCUT2D eigenvalue weighted by molar-refractivity contribution is -0.0429. The molecule has 2 N–H and O–H groups in total. The summed E-state index contributed by atoms with van der Waals surface area (Å²) in [4.78, 5) is 0. The normalized spacial score (nSPS) is 24.6. The highest BCUT2D eigenvalue weighted by molar-refractivity contribution is 5.15. The highest BCUT2D eigenvalue weighted by Crippen LogP contribution is 2.26. The van der Waals surface area contributed by atoms with Crippen LogP contribution in [0.2, 0.25) is 0 Å². The zero-order valence-corrected chi connectivity index (χ0v) is 12.9. The number of nitrogens with one attached hydrogen (secondary N) is 1. The molecule has 2 rings (SSSR count). The number of nitrogens with zero attached hydrogens (tertiary/aromatic N) is 1. The number of aliphatic hydroxyl groups excluding tert-OH is 1. The van der Waals surface area contributed by atoms with Crippen LogP contribution in [0.1, 0.15) is 44.0 Å². The van der Waals surface area contributed by atoms with Crippen molar-refractivity contribution in [2.45, 2.75) is 58.7 Å². The summed E-state index contributed by atoms with van der Waals surface area (Å²) in [7, 11) is 0. The number of hydrogen-bond donors (Lipinski definition) is 2. The van der Waals surface area contributed by atoms with Crippen LogP contribution in [-0.4, -0.2) is 35.1 Å². The average Bonchev–Trinajstić information content (AvgIpc) is 2.75. The standard InChI is InChI=1S/C16H28N2O2/c1-12-6-4-5-7-16(12)20-11-15(19)10-17-18-13(2)8-9-14(18)3/h8-9,12,15-17,19H,4-7,10-11H2,1-3H3. The SMILES string of the molecule is Cc1ccc(C)n1NCC(O)COC1CCCCC1C. The summed E-state index contributed by atoms with van der Waals surface area (Å²) in [5, 5.41) is 10.0. The maximum Gasteiger partial charge on any atom is 0.0961 e. The minimum atomic E-state index is -0.467. The van der Waals surface area contributed by atoms with Crippen molar-refractivity contribution < 1.29 is 9.84 Å². The predicted molar refractivity (Wildman–Crippen MR) is 81.5 cm³/mol. The molecule has 0 bridgehead atoms. The monoisotopic (exact) mass is 280 g/mol. The fourth-order valence-electron chi connectivity index (χ4n) is 2.94. The molecule has 20 heavy (non-hydrogen) atoms. The maximum atomic E-state index is 10.0. The molecule has 0 amide bonds. The fraction of sp³-hybridized carbons (Fsp3) is 0.750. The van der Waals surface area contributed by atoms with Gasteiger partial charge in [0.1, 0.15) is 0 Å². The van der Waals surface area contributed by atoms with Gasteiger partial charge in [0.15, 0.2) is 0 Å². The van der Waals surface area contributed by atoms with Crippen LogP contribution in [0.15, 0.2) is 12.1 Å². The third-order valence-corrected chi connectivity index (χ3v) is 4.29. The van der Waals surface area contributed by atoms with E-state index in [-0.39, 0.29) is 0 Å². The van der Waals surface area contributed by atoms with Crippen molar-refractivity contribution in [3.8, 4) is 0 Å². The van der Waals surface area contributed by atoms with Crippen LogP contribution in [0.3, 0.4) is 0 Å². The van der Waals surface area contributed by atoms with E-state index in [1.165, 1.54) is 19.3 Å². The first kappa shape index (κ1) is 15.4. The highest BCUT2D eigenvalue weighted by atomic mass is 16.5. The van der Waals surface area contributed by atoms with Gasteiger partial charge in [0, 0.05) is 11.4 Å². The van der Waals surface area contributed by atoms with Crippen molar-refractivity contribution in [1.29, 1.82) is 0 Å². The molecule has 1 heterocycles. The molecule has 4 heteroatoms. The van der Waals surface area contributed by atoms with Gasteiger partial charge in [0.05, 0.1) is 25.4 Å². The van der Waals surface area contributed by atoms with Gasteiger partial charge >= 0.3 is 0 Å². The first-order valence-electron chi connectivity index (χ1n) is 7.76. The van der Waals surface area contributed by atoms with Crippen LogP contribution >= 0.6 is 0 Å². The Balaban J connectivity index is 1.71. The molecule has 4 nitrogen and oxygen atoms in total. The zero-order chi connectivity index (χ0) is 14.5. The van der Waals surface area contributed by atoms with Crippen molar-refractivity contribution in [1.82, 2.24) is 4.68 Å². The largest absolute Gasteiger partial charge is 0.389 e. The lowest BCUT2D eigenvalue weighted by Gasteiger charge is -2.29. The Morgan fingerprint density at radius 1 is 1.30 bits per heavy atom. The first-order valence-corrected chi connectivity index (χ1v) is 7.76. The van der Waals surface area contributed by atoms with E-state index in [2.05, 4.69) is 24.5 Å². The van der Waals surface area contributed by atoms with Gasteiger partial charge in [-0.2, -0.15) is 0 Å². The van der Waals surface area contributed by atoms with E-state index in [0.717, 1.165) is 17.8 Å². The van der Waals surface area contributed by atoms with E-state index in [1.54, 1.807) is 0 Å². The van der Waals surface area contributed by atoms with Gasteiger partial charge in [-0.1, -0.05) is 19.8 Å². The number of rotatable bonds is 6. The van der Waals surface area contributed by atoms with Gasteiger partial charge in [-0.05, 0) is 44.7 Å². The quantitative estimate of drug-likeness (QED) is 0.842. The molecule has 0 radical (unpaired) electrons. The molecule has 1 saturated carbocycles. The summed E-state index contributed by atoms with van der Waals surface area (Å²) < 4.78 is 7.89. The van der Waals surface area contributed by atoms with Gasteiger partial charge < -0.3 is 15.3 Å². The van der Waals surface area contributed by atoms with Gasteiger partial charge in [0.2, 0.25) is 0 Å². The van der Waals surface area contributed by atoms with E-state index in [9.17, 15) is 5.11 Å². The molecule has 1 aromatic rings. The Morgan fingerprint density at radius 3 is 2.60 bits per heavy atom. The molecule has 3 atom stereocenters. The lowest BCUT2D eigenvalue weighted by Crippen LogP contribution is -2.34. The van der Waals surface area contributed by atoms with E-state index >= 15 is 0 Å². The summed E-state index contributed by atoms with van der Waals surface area (Å²) in [6.07, 6.45) is 4.82. The number of ether oxygens (including phenoxy) is 1. The molecular formula is C16H28N2O2. The summed E-state index contributed by atoms with van der Waals surface area (Å²) in [5.41, 5.74) is 5.55. The second-order valence-corrected chi connectivity index (χ2v) is 6.10. The Labute approximate surface area is 122 Å². The number of aryl methyl sites for hydroxylation is 2. The molecule has 0 saturated heterocycles. The van der Waals surface area contributed by atoms with Crippen molar-refractivity contribution in [3.63, 3.8) is 0 Å². The van der Waals surface area contributed by atoms with Crippen LogP contribution in [-0.2, 0) is 4.74 Å². The summed E-state index contributed by atoms with van der Waals surface area (Å²) in [6.45, 7) is 7.28. The number of aliphatic hydroxyl groups is 1. The highest BCUT2D eigenvalue weighted by Gasteiger charge is 2.22. The lowest BCUT2D eigenvalue weighted by atomic mass is 9.88. The van der Waals surface area contributed by atoms with Crippen molar-refractivity contribution in [2.75, 3.05) is 18.6 Å². The maximum absolute atomic E-state index is 10.0. The van der Waals surface area contributed by atoms with Crippen LogP contribution in [0.25, 0.3) is 0 Å². The van der Waals surface area contributed by atoms with E-state index in [1.807, 2.05) is 18.5 Å². The zero-order valence-electron chi connectivity index (χ0n) is 12.9. The third kappa shape index (κ3) is 4.00. The third-order valence-electron chi connectivity index (χ3n) is 4.29. The van der Waals surface area contributed by atoms with Crippen molar-refractivity contribution >= 4 is 0 Å². The van der Waals surface area contributed by atoms with Crippen LogP contribution in [0.5, 0.6) is 0 Å². The second-order valence-electron chi connectivity index (χ2n) is 6.10. The first-order chi connectivity index (χ1) is 9.58. The van der Waals surface area contributed by atoms with Gasteiger partial charge in [-0.3, -0.25) is 4.68 Å². The molecular weight excluding hydrogens is 252 g/mol. The van der Waals surface area contributed by atoms with Crippen LogP contribution in [0, 0.1) is 19.8 Å². The van der Waals surface area contributed by atoms with E-state index in [0.29, 0.717) is 25.2 Å². The minimum Gasteiger partial charge on any atom is -0.389 e. The summed E-state index contributed by atoms with van der Waals surface area (Å²) in [5.74, 6) is 0.623. The molecule has 3 unspecified atom stereocenters. The molecule has 1 aliphatic carbocycles. The molecule has 1 fully saturated rings. The van der Waals surface area contributed by atoms with Gasteiger partial charge in [-0.25, -0.2) is 0 Å². The summed E-state index contributed by atoms with van der Waals surface area (Å²) in [6, 6.07) is 4.13. The topological polar surface area (TPSA) is 46.4 Å². The van der Waals surface area contributed by atoms with Crippen molar-refractivity contribution in [3.05, 3.63) is 23.5 Å². The van der Waals surface area contributed by atoms with Gasteiger partial charge in [0.25, 0.3) is 0 Å². The predicted octanol–water partition coefficient (Wildman–Crippen LogP) is 2.60. The summed E-state index contributed by atoms with van der Waals surface area (Å²) >= 11 is 0. The smallest absolute Gasteiger partial charge is 0.0961 e. The molecule has 0 spiro atoms. The Hall–Kier alpha value is -1.00. The number of hydrogen-bond acceptors (Lipinski definition) is 3. The molecule has 0 aliphatic heterocycles. The molecule has 114 valence electrons. The Bertz CT molecular complexity index is 397. The van der Waals surface area contributed by atoms with Crippen molar-refractivity contribution in [2.24, 2.45) is 5.92 Å². The fourth-order valence-corrected chi connectivity index (χ4v) is 2.94. The van der Waals surface area contributed by atoms with E-state index < -0.39 is 6.10 Å². The number of aromatic nitrogens is 1. The molecule has 1 aromatic heterocycles. The molecule has 1 aliphatic rings. The minimum absolute atomic E-state index is 0.327. The van der Waals surface area contributed by atoms with Crippen LogP contribution in [0.4, 0.5) is 0 Å². The van der Waals surface area contributed by atoms with E-state index in [4.69, 9.17) is 4.74 Å². The second kappa shape index (κ2) is 7.14. The van der Waals surface area contributed by atoms with Gasteiger partial charge in [-0.15, -0.1) is 0 Å². The average molecular weight is 280 g/mol.